The Hall–Kier alpha value is -0.950. The maximum Gasteiger partial charge on any atom is 0.221 e. The van der Waals surface area contributed by atoms with Crippen LogP contribution >= 0.6 is 11.3 Å². The first-order valence-electron chi connectivity index (χ1n) is 6.48. The van der Waals surface area contributed by atoms with Crippen molar-refractivity contribution in [1.29, 1.82) is 0 Å². The number of carbonyl (C=O) groups excluding carboxylic acids is 1. The number of aliphatic hydroxyl groups is 1. The molecule has 5 nitrogen and oxygen atoms in total. The van der Waals surface area contributed by atoms with Gasteiger partial charge < -0.3 is 20.5 Å². The molecule has 1 amide bonds. The number of ether oxygens (including phenoxy) is 1. The third-order valence-electron chi connectivity index (χ3n) is 2.42. The molecule has 0 fully saturated rings. The highest BCUT2D eigenvalue weighted by Crippen LogP contribution is 2.09. The molecule has 3 N–H and O–H groups in total. The molecule has 1 unspecified atom stereocenters. The highest BCUT2D eigenvalue weighted by atomic mass is 32.1. The minimum atomic E-state index is -0.547. The second kappa shape index (κ2) is 9.91. The predicted octanol–water partition coefficient (Wildman–Crippen LogP) is 0.741. The van der Waals surface area contributed by atoms with Gasteiger partial charge in [-0.05, 0) is 18.4 Å². The van der Waals surface area contributed by atoms with E-state index in [1.54, 1.807) is 11.3 Å². The van der Waals surface area contributed by atoms with Crippen LogP contribution in [0.4, 0.5) is 0 Å². The maximum absolute atomic E-state index is 11.2. The van der Waals surface area contributed by atoms with E-state index in [-0.39, 0.29) is 5.91 Å². The van der Waals surface area contributed by atoms with E-state index in [9.17, 15) is 9.90 Å². The molecule has 108 valence electrons. The zero-order valence-electron chi connectivity index (χ0n) is 11.2. The zero-order chi connectivity index (χ0) is 13.9. The quantitative estimate of drug-likeness (QED) is 0.555. The van der Waals surface area contributed by atoms with Gasteiger partial charge in [0.25, 0.3) is 0 Å². The average Bonchev–Trinajstić information content (AvgIpc) is 2.88. The normalized spacial score (nSPS) is 12.3. The van der Waals surface area contributed by atoms with Crippen molar-refractivity contribution in [2.45, 2.75) is 26.1 Å². The Kier molecular flexibility index (Phi) is 8.40. The lowest BCUT2D eigenvalue weighted by molar-refractivity contribution is -0.120. The SMILES string of the molecule is CCNC(=O)CCNCC(O)COCc1cccs1. The molecule has 19 heavy (non-hydrogen) atoms. The Labute approximate surface area is 118 Å². The van der Waals surface area contributed by atoms with Gasteiger partial charge in [-0.2, -0.15) is 0 Å². The smallest absolute Gasteiger partial charge is 0.221 e. The summed E-state index contributed by atoms with van der Waals surface area (Å²) in [6, 6.07) is 3.98. The van der Waals surface area contributed by atoms with Crippen LogP contribution in [0.5, 0.6) is 0 Å². The largest absolute Gasteiger partial charge is 0.389 e. The van der Waals surface area contributed by atoms with Gasteiger partial charge in [-0.15, -0.1) is 11.3 Å². The summed E-state index contributed by atoms with van der Waals surface area (Å²) < 4.78 is 5.40. The summed E-state index contributed by atoms with van der Waals surface area (Å²) in [5, 5.41) is 17.4. The molecule has 0 radical (unpaired) electrons. The molecule has 0 aromatic carbocycles. The molecule has 1 rings (SSSR count). The number of carbonyl (C=O) groups is 1. The lowest BCUT2D eigenvalue weighted by atomic mass is 10.3. The van der Waals surface area contributed by atoms with E-state index in [4.69, 9.17) is 4.74 Å². The molecule has 6 heteroatoms. The summed E-state index contributed by atoms with van der Waals surface area (Å²) >= 11 is 1.64. The van der Waals surface area contributed by atoms with Crippen LogP contribution in [0.15, 0.2) is 17.5 Å². The Balaban J connectivity index is 1.96. The molecule has 0 bridgehead atoms. The van der Waals surface area contributed by atoms with Crippen molar-refractivity contribution in [2.75, 3.05) is 26.2 Å². The Morgan fingerprint density at radius 3 is 3.11 bits per heavy atom. The average molecular weight is 286 g/mol. The standard InChI is InChI=1S/C13H22N2O3S/c1-2-15-13(17)5-6-14-8-11(16)9-18-10-12-4-3-7-19-12/h3-4,7,11,14,16H,2,5-6,8-10H2,1H3,(H,15,17). The fourth-order valence-corrected chi connectivity index (χ4v) is 2.15. The first-order chi connectivity index (χ1) is 9.22. The Bertz CT molecular complexity index is 344. The van der Waals surface area contributed by atoms with Gasteiger partial charge >= 0.3 is 0 Å². The summed E-state index contributed by atoms with van der Waals surface area (Å²) in [5.41, 5.74) is 0. The van der Waals surface area contributed by atoms with Crippen LogP contribution in [0.2, 0.25) is 0 Å². The van der Waals surface area contributed by atoms with Crippen LogP contribution in [0, 0.1) is 0 Å². The van der Waals surface area contributed by atoms with Crippen molar-refractivity contribution in [2.24, 2.45) is 0 Å². The van der Waals surface area contributed by atoms with E-state index in [0.29, 0.717) is 39.3 Å². The first-order valence-corrected chi connectivity index (χ1v) is 7.36. The fraction of sp³-hybridized carbons (Fsp3) is 0.615. The molecule has 1 heterocycles. The molecule has 0 saturated carbocycles. The summed E-state index contributed by atoms with van der Waals surface area (Å²) in [6.07, 6.45) is -0.120. The molecular weight excluding hydrogens is 264 g/mol. The molecule has 0 aliphatic heterocycles. The third-order valence-corrected chi connectivity index (χ3v) is 3.27. The summed E-state index contributed by atoms with van der Waals surface area (Å²) in [6.45, 7) is 4.37. The van der Waals surface area contributed by atoms with E-state index in [1.807, 2.05) is 24.4 Å². The highest BCUT2D eigenvalue weighted by Gasteiger charge is 2.05. The Morgan fingerprint density at radius 1 is 1.58 bits per heavy atom. The number of hydrogen-bond donors (Lipinski definition) is 3. The van der Waals surface area contributed by atoms with Gasteiger partial charge in [0.15, 0.2) is 0 Å². The molecule has 0 aliphatic carbocycles. The van der Waals surface area contributed by atoms with Gasteiger partial charge in [0.2, 0.25) is 5.91 Å². The van der Waals surface area contributed by atoms with Crippen LogP contribution in [0.3, 0.4) is 0 Å². The third kappa shape index (κ3) is 7.94. The van der Waals surface area contributed by atoms with Gasteiger partial charge in [-0.25, -0.2) is 0 Å². The number of rotatable bonds is 10. The highest BCUT2D eigenvalue weighted by molar-refractivity contribution is 7.09. The minimum absolute atomic E-state index is 0.0263. The summed E-state index contributed by atoms with van der Waals surface area (Å²) in [4.78, 5) is 12.3. The lowest BCUT2D eigenvalue weighted by Crippen LogP contribution is -2.33. The Morgan fingerprint density at radius 2 is 2.42 bits per heavy atom. The molecule has 0 spiro atoms. The second-order valence-corrected chi connectivity index (χ2v) is 5.19. The van der Waals surface area contributed by atoms with E-state index in [0.717, 1.165) is 4.88 Å². The molecule has 0 aliphatic rings. The van der Waals surface area contributed by atoms with Gasteiger partial charge in [-0.3, -0.25) is 4.79 Å². The van der Waals surface area contributed by atoms with Crippen LogP contribution < -0.4 is 10.6 Å². The van der Waals surface area contributed by atoms with Gasteiger partial charge in [0.1, 0.15) is 0 Å². The monoisotopic (exact) mass is 286 g/mol. The zero-order valence-corrected chi connectivity index (χ0v) is 12.0. The predicted molar refractivity (Wildman–Crippen MR) is 76.2 cm³/mol. The lowest BCUT2D eigenvalue weighted by Gasteiger charge is -2.12. The number of aliphatic hydroxyl groups excluding tert-OH is 1. The first kappa shape index (κ1) is 16.1. The molecule has 0 saturated heterocycles. The molecular formula is C13H22N2O3S. The maximum atomic E-state index is 11.2. The number of nitrogens with one attached hydrogen (secondary N) is 2. The molecule has 1 aromatic heterocycles. The summed E-state index contributed by atoms with van der Waals surface area (Å²) in [7, 11) is 0. The minimum Gasteiger partial charge on any atom is -0.389 e. The van der Waals surface area contributed by atoms with E-state index < -0.39 is 6.10 Å². The van der Waals surface area contributed by atoms with Crippen molar-refractivity contribution in [3.05, 3.63) is 22.4 Å². The van der Waals surface area contributed by atoms with Crippen LogP contribution in [-0.2, 0) is 16.1 Å². The van der Waals surface area contributed by atoms with Gasteiger partial charge in [0.05, 0.1) is 19.3 Å². The number of amides is 1. The molecule has 1 aromatic rings. The topological polar surface area (TPSA) is 70.6 Å². The van der Waals surface area contributed by atoms with Crippen LogP contribution in [0.1, 0.15) is 18.2 Å². The van der Waals surface area contributed by atoms with Crippen molar-refractivity contribution in [3.8, 4) is 0 Å². The second-order valence-electron chi connectivity index (χ2n) is 4.16. The van der Waals surface area contributed by atoms with Crippen molar-refractivity contribution in [1.82, 2.24) is 10.6 Å². The van der Waals surface area contributed by atoms with E-state index in [1.165, 1.54) is 0 Å². The summed E-state index contributed by atoms with van der Waals surface area (Å²) in [5.74, 6) is 0.0263. The van der Waals surface area contributed by atoms with E-state index in [2.05, 4.69) is 10.6 Å². The number of hydrogen-bond acceptors (Lipinski definition) is 5. The van der Waals surface area contributed by atoms with Crippen LogP contribution in [-0.4, -0.2) is 43.4 Å². The van der Waals surface area contributed by atoms with E-state index >= 15 is 0 Å². The van der Waals surface area contributed by atoms with Gasteiger partial charge in [-0.1, -0.05) is 6.07 Å². The molecule has 1 atom stereocenters. The van der Waals surface area contributed by atoms with Crippen LogP contribution in [0.25, 0.3) is 0 Å². The van der Waals surface area contributed by atoms with Gasteiger partial charge in [0, 0.05) is 30.9 Å². The fourth-order valence-electron chi connectivity index (χ4n) is 1.51. The van der Waals surface area contributed by atoms with Crippen molar-refractivity contribution in [3.63, 3.8) is 0 Å². The van der Waals surface area contributed by atoms with Crippen molar-refractivity contribution < 1.29 is 14.6 Å². The van der Waals surface area contributed by atoms with Crippen molar-refractivity contribution >= 4 is 17.2 Å². The number of thiophene rings is 1.